The van der Waals surface area contributed by atoms with Gasteiger partial charge in [0.2, 0.25) is 0 Å². The largest absolute Gasteiger partial charge is 0.379 e. The van der Waals surface area contributed by atoms with E-state index in [9.17, 15) is 0 Å². The Balaban J connectivity index is 1.99. The van der Waals surface area contributed by atoms with Crippen molar-refractivity contribution in [1.29, 1.82) is 0 Å². The molecule has 2 nitrogen and oxygen atoms in total. The van der Waals surface area contributed by atoms with Crippen LogP contribution in [0.5, 0.6) is 0 Å². The fraction of sp³-hybridized carbons (Fsp3) is 0.600. The summed E-state index contributed by atoms with van der Waals surface area (Å²) in [5.41, 5.74) is 2.08. The van der Waals surface area contributed by atoms with E-state index in [1.54, 1.807) is 0 Å². The van der Waals surface area contributed by atoms with Crippen molar-refractivity contribution in [2.24, 2.45) is 5.41 Å². The SMILES string of the molecule is CNCC1(C2(c3cccc(Br)c3)COC2)CCC1. The fourth-order valence-electron chi connectivity index (χ4n) is 3.64. The molecule has 1 aliphatic heterocycles. The molecule has 0 radical (unpaired) electrons. The van der Waals surface area contributed by atoms with Gasteiger partial charge in [0.05, 0.1) is 13.2 Å². The van der Waals surface area contributed by atoms with Crippen molar-refractivity contribution in [1.82, 2.24) is 5.32 Å². The van der Waals surface area contributed by atoms with Crippen molar-refractivity contribution in [3.8, 4) is 0 Å². The Bertz CT molecular complexity index is 438. The van der Waals surface area contributed by atoms with E-state index < -0.39 is 0 Å². The van der Waals surface area contributed by atoms with Gasteiger partial charge in [0.15, 0.2) is 0 Å². The Morgan fingerprint density at radius 1 is 1.33 bits per heavy atom. The molecule has 98 valence electrons. The number of hydrogen-bond acceptors (Lipinski definition) is 2. The molecule has 3 rings (SSSR count). The third-order valence-corrected chi connectivity index (χ3v) is 5.41. The Morgan fingerprint density at radius 2 is 2.11 bits per heavy atom. The molecular formula is C15H20BrNO. The van der Waals surface area contributed by atoms with Crippen LogP contribution in [0, 0.1) is 5.41 Å². The third kappa shape index (κ3) is 1.68. The minimum atomic E-state index is 0.234. The number of nitrogens with one attached hydrogen (secondary N) is 1. The van der Waals surface area contributed by atoms with E-state index in [4.69, 9.17) is 4.74 Å². The van der Waals surface area contributed by atoms with Crippen LogP contribution in [-0.2, 0) is 10.2 Å². The van der Waals surface area contributed by atoms with Gasteiger partial charge in [0.25, 0.3) is 0 Å². The zero-order chi connectivity index (χ0) is 12.6. The summed E-state index contributed by atoms with van der Waals surface area (Å²) in [6.07, 6.45) is 4.00. The van der Waals surface area contributed by atoms with Gasteiger partial charge in [-0.05, 0) is 43.0 Å². The smallest absolute Gasteiger partial charge is 0.0591 e. The summed E-state index contributed by atoms with van der Waals surface area (Å²) in [6.45, 7) is 2.86. The minimum Gasteiger partial charge on any atom is -0.379 e. The number of halogens is 1. The molecular weight excluding hydrogens is 290 g/mol. The van der Waals surface area contributed by atoms with E-state index in [0.29, 0.717) is 5.41 Å². The summed E-state index contributed by atoms with van der Waals surface area (Å²) >= 11 is 3.60. The quantitative estimate of drug-likeness (QED) is 0.923. The molecule has 1 aromatic rings. The van der Waals surface area contributed by atoms with Crippen LogP contribution in [0.15, 0.2) is 28.7 Å². The van der Waals surface area contributed by atoms with Gasteiger partial charge in [-0.1, -0.05) is 34.5 Å². The molecule has 3 heteroatoms. The predicted molar refractivity (Wildman–Crippen MR) is 76.8 cm³/mol. The van der Waals surface area contributed by atoms with Crippen LogP contribution in [0.4, 0.5) is 0 Å². The van der Waals surface area contributed by atoms with Crippen molar-refractivity contribution in [2.75, 3.05) is 26.8 Å². The van der Waals surface area contributed by atoms with Gasteiger partial charge in [0, 0.05) is 16.4 Å². The Kier molecular flexibility index (Phi) is 3.25. The highest BCUT2D eigenvalue weighted by Crippen LogP contribution is 2.58. The second-order valence-electron chi connectivity index (χ2n) is 5.75. The fourth-order valence-corrected chi connectivity index (χ4v) is 4.04. The predicted octanol–water partition coefficient (Wildman–Crippen LogP) is 3.11. The summed E-state index contributed by atoms with van der Waals surface area (Å²) in [4.78, 5) is 0. The van der Waals surface area contributed by atoms with Crippen LogP contribution >= 0.6 is 15.9 Å². The van der Waals surface area contributed by atoms with Gasteiger partial charge in [-0.2, -0.15) is 0 Å². The normalized spacial score (nSPS) is 24.1. The molecule has 0 atom stereocenters. The van der Waals surface area contributed by atoms with E-state index in [1.165, 1.54) is 29.3 Å². The molecule has 2 aliphatic rings. The lowest BCUT2D eigenvalue weighted by Gasteiger charge is -2.60. The number of ether oxygens (including phenoxy) is 1. The van der Waals surface area contributed by atoms with Crippen LogP contribution in [0.3, 0.4) is 0 Å². The van der Waals surface area contributed by atoms with Crippen LogP contribution in [-0.4, -0.2) is 26.8 Å². The first kappa shape index (κ1) is 12.6. The van der Waals surface area contributed by atoms with E-state index >= 15 is 0 Å². The average molecular weight is 310 g/mol. The van der Waals surface area contributed by atoms with Crippen molar-refractivity contribution in [3.63, 3.8) is 0 Å². The summed E-state index contributed by atoms with van der Waals surface area (Å²) in [5, 5.41) is 3.40. The van der Waals surface area contributed by atoms with Crippen molar-refractivity contribution >= 4 is 15.9 Å². The van der Waals surface area contributed by atoms with Crippen molar-refractivity contribution < 1.29 is 4.74 Å². The van der Waals surface area contributed by atoms with Gasteiger partial charge in [-0.3, -0.25) is 0 Å². The van der Waals surface area contributed by atoms with E-state index in [0.717, 1.165) is 19.8 Å². The van der Waals surface area contributed by atoms with Crippen LogP contribution in [0.25, 0.3) is 0 Å². The molecule has 18 heavy (non-hydrogen) atoms. The molecule has 0 amide bonds. The minimum absolute atomic E-state index is 0.234. The Labute approximate surface area is 117 Å². The lowest BCUT2D eigenvalue weighted by atomic mass is 9.49. The molecule has 0 unspecified atom stereocenters. The number of benzene rings is 1. The second kappa shape index (κ2) is 4.62. The standard InChI is InChI=1S/C15H20BrNO/c1-17-9-14(6-3-7-14)15(10-18-11-15)12-4-2-5-13(16)8-12/h2,4-5,8,17H,3,6-7,9-11H2,1H3. The zero-order valence-corrected chi connectivity index (χ0v) is 12.4. The maximum atomic E-state index is 5.62. The van der Waals surface area contributed by atoms with E-state index in [1.807, 2.05) is 0 Å². The second-order valence-corrected chi connectivity index (χ2v) is 6.67. The Morgan fingerprint density at radius 3 is 2.56 bits per heavy atom. The highest BCUT2D eigenvalue weighted by molar-refractivity contribution is 9.10. The van der Waals surface area contributed by atoms with Gasteiger partial charge >= 0.3 is 0 Å². The monoisotopic (exact) mass is 309 g/mol. The number of hydrogen-bond donors (Lipinski definition) is 1. The molecule has 1 aliphatic carbocycles. The molecule has 1 saturated heterocycles. The van der Waals surface area contributed by atoms with E-state index in [-0.39, 0.29) is 5.41 Å². The molecule has 1 N–H and O–H groups in total. The van der Waals surface area contributed by atoms with E-state index in [2.05, 4.69) is 52.6 Å². The van der Waals surface area contributed by atoms with Crippen LogP contribution in [0.2, 0.25) is 0 Å². The molecule has 0 bridgehead atoms. The topological polar surface area (TPSA) is 21.3 Å². The molecule has 1 heterocycles. The summed E-state index contributed by atoms with van der Waals surface area (Å²) in [7, 11) is 2.06. The van der Waals surface area contributed by atoms with Crippen LogP contribution < -0.4 is 5.32 Å². The molecule has 1 saturated carbocycles. The summed E-state index contributed by atoms with van der Waals surface area (Å²) < 4.78 is 6.79. The first-order valence-corrected chi connectivity index (χ1v) is 7.50. The first-order valence-electron chi connectivity index (χ1n) is 6.71. The highest BCUT2D eigenvalue weighted by atomic mass is 79.9. The maximum Gasteiger partial charge on any atom is 0.0591 e. The van der Waals surface area contributed by atoms with Gasteiger partial charge in [-0.15, -0.1) is 0 Å². The van der Waals surface area contributed by atoms with Gasteiger partial charge in [-0.25, -0.2) is 0 Å². The summed E-state index contributed by atoms with van der Waals surface area (Å²) in [5.74, 6) is 0. The van der Waals surface area contributed by atoms with Gasteiger partial charge < -0.3 is 10.1 Å². The first-order chi connectivity index (χ1) is 8.72. The molecule has 0 aromatic heterocycles. The maximum absolute atomic E-state index is 5.62. The average Bonchev–Trinajstić information content (AvgIpc) is 2.24. The Hall–Kier alpha value is -0.380. The highest BCUT2D eigenvalue weighted by Gasteiger charge is 2.59. The molecule has 2 fully saturated rings. The lowest BCUT2D eigenvalue weighted by molar-refractivity contribution is -0.156. The zero-order valence-electron chi connectivity index (χ0n) is 10.8. The molecule has 1 aromatic carbocycles. The van der Waals surface area contributed by atoms with Crippen LogP contribution in [0.1, 0.15) is 24.8 Å². The van der Waals surface area contributed by atoms with Crippen molar-refractivity contribution in [3.05, 3.63) is 34.3 Å². The molecule has 0 spiro atoms. The van der Waals surface area contributed by atoms with Crippen molar-refractivity contribution in [2.45, 2.75) is 24.7 Å². The number of rotatable bonds is 4. The summed E-state index contributed by atoms with van der Waals surface area (Å²) in [6, 6.07) is 8.79. The van der Waals surface area contributed by atoms with Gasteiger partial charge in [0.1, 0.15) is 0 Å². The lowest BCUT2D eigenvalue weighted by Crippen LogP contribution is -2.64. The third-order valence-electron chi connectivity index (χ3n) is 4.92.